The van der Waals surface area contributed by atoms with Crippen molar-refractivity contribution >= 4 is 56.0 Å². The summed E-state index contributed by atoms with van der Waals surface area (Å²) in [5, 5.41) is 9.36. The van der Waals surface area contributed by atoms with Gasteiger partial charge in [0.2, 0.25) is 5.95 Å². The Labute approximate surface area is 192 Å². The van der Waals surface area contributed by atoms with E-state index in [1.54, 1.807) is 0 Å². The number of nitrogens with zero attached hydrogens (tertiary/aromatic N) is 5. The lowest BCUT2D eigenvalue weighted by Crippen LogP contribution is -2.48. The van der Waals surface area contributed by atoms with Crippen LogP contribution in [0.3, 0.4) is 0 Å². The molecule has 5 N–H and O–H groups in total. The zero-order valence-corrected chi connectivity index (χ0v) is 18.9. The fourth-order valence-corrected chi connectivity index (χ4v) is 6.44. The first kappa shape index (κ1) is 19.8. The Hall–Kier alpha value is -2.82. The maximum atomic E-state index is 12.5. The maximum Gasteiger partial charge on any atom is 0.268 e. The Morgan fingerprint density at radius 3 is 2.69 bits per heavy atom. The number of thiazole rings is 1. The van der Waals surface area contributed by atoms with E-state index in [9.17, 15) is 4.79 Å². The molecule has 2 aliphatic rings. The molecule has 0 aliphatic carbocycles. The lowest BCUT2D eigenvalue weighted by Gasteiger charge is -2.37. The van der Waals surface area contributed by atoms with Crippen LogP contribution in [0, 0.1) is 6.92 Å². The number of nitrogens with two attached hydrogens (primary N) is 2. The molecule has 0 radical (unpaired) electrons. The maximum absolute atomic E-state index is 12.5. The molecule has 3 atom stereocenters. The van der Waals surface area contributed by atoms with Crippen molar-refractivity contribution in [3.63, 3.8) is 0 Å². The lowest BCUT2D eigenvalue weighted by molar-refractivity contribution is 0.0997. The average Bonchev–Trinajstić information content (AvgIpc) is 3.41. The van der Waals surface area contributed by atoms with Crippen LogP contribution in [0.1, 0.15) is 41.2 Å². The second kappa shape index (κ2) is 7.09. The largest absolute Gasteiger partial charge is 0.364 e. The predicted molar refractivity (Wildman–Crippen MR) is 125 cm³/mol. The number of carbonyl (C=O) groups is 1. The predicted octanol–water partition coefficient (Wildman–Crippen LogP) is 3.15. The number of aromatic nitrogens is 5. The molecule has 1 amide bonds. The third kappa shape index (κ3) is 2.90. The Kier molecular flexibility index (Phi) is 4.40. The highest BCUT2D eigenvalue weighted by atomic mass is 35.5. The molecule has 1 unspecified atom stereocenters. The van der Waals surface area contributed by atoms with Crippen LogP contribution in [0.2, 0.25) is 5.02 Å². The molecule has 4 aromatic rings. The van der Waals surface area contributed by atoms with Crippen molar-refractivity contribution in [1.29, 1.82) is 0 Å². The molecule has 11 heteroatoms. The summed E-state index contributed by atoms with van der Waals surface area (Å²) < 4.78 is 0.879. The van der Waals surface area contributed by atoms with Gasteiger partial charge in [0.1, 0.15) is 5.69 Å². The van der Waals surface area contributed by atoms with Gasteiger partial charge in [-0.1, -0.05) is 11.6 Å². The number of halogens is 1. The number of piperidine rings is 1. The van der Waals surface area contributed by atoms with E-state index in [0.29, 0.717) is 33.3 Å². The van der Waals surface area contributed by atoms with E-state index in [0.717, 1.165) is 40.9 Å². The Balaban J connectivity index is 1.53. The molecule has 6 rings (SSSR count). The molecular formula is C21H21ClN8OS. The normalized spacial score (nSPS) is 22.8. The molecule has 3 aromatic heterocycles. The van der Waals surface area contributed by atoms with Crippen LogP contribution >= 0.6 is 22.9 Å². The van der Waals surface area contributed by atoms with Gasteiger partial charge in [-0.15, -0.1) is 11.3 Å². The summed E-state index contributed by atoms with van der Waals surface area (Å²) in [6.45, 7) is 1.94. The van der Waals surface area contributed by atoms with Crippen molar-refractivity contribution < 1.29 is 4.79 Å². The van der Waals surface area contributed by atoms with E-state index in [2.05, 4.69) is 25.1 Å². The van der Waals surface area contributed by atoms with Gasteiger partial charge >= 0.3 is 0 Å². The second-order valence-electron chi connectivity index (χ2n) is 8.57. The van der Waals surface area contributed by atoms with Crippen molar-refractivity contribution in [1.82, 2.24) is 25.1 Å². The van der Waals surface area contributed by atoms with Crippen LogP contribution < -0.4 is 16.4 Å². The van der Waals surface area contributed by atoms with E-state index in [4.69, 9.17) is 28.1 Å². The fraction of sp³-hybridized carbons (Fsp3) is 0.381. The van der Waals surface area contributed by atoms with Gasteiger partial charge in [-0.3, -0.25) is 9.89 Å². The minimum absolute atomic E-state index is 0.139. The van der Waals surface area contributed by atoms with Crippen molar-refractivity contribution in [3.8, 4) is 11.3 Å². The number of carbonyl (C=O) groups excluding carboxylic acids is 1. The average molecular weight is 469 g/mol. The third-order valence-electron chi connectivity index (χ3n) is 6.51. The molecular weight excluding hydrogens is 448 g/mol. The molecule has 1 aromatic carbocycles. The van der Waals surface area contributed by atoms with Crippen LogP contribution in [0.5, 0.6) is 0 Å². The van der Waals surface area contributed by atoms with E-state index >= 15 is 0 Å². The fourth-order valence-electron chi connectivity index (χ4n) is 5.21. The molecule has 0 saturated carbocycles. The highest BCUT2D eigenvalue weighted by Gasteiger charge is 2.41. The van der Waals surface area contributed by atoms with Crippen LogP contribution in [0.15, 0.2) is 12.1 Å². The lowest BCUT2D eigenvalue weighted by atomic mass is 9.98. The van der Waals surface area contributed by atoms with Gasteiger partial charge < -0.3 is 16.4 Å². The number of hydrogen-bond donors (Lipinski definition) is 3. The number of benzene rings is 1. The highest BCUT2D eigenvalue weighted by Crippen LogP contribution is 2.41. The monoisotopic (exact) mass is 468 g/mol. The molecule has 9 nitrogen and oxygen atoms in total. The summed E-state index contributed by atoms with van der Waals surface area (Å²) in [6, 6.07) is 4.49. The Morgan fingerprint density at radius 2 is 1.97 bits per heavy atom. The molecule has 2 fully saturated rings. The molecule has 164 valence electrons. The number of nitrogens with one attached hydrogen (secondary N) is 1. The van der Waals surface area contributed by atoms with Gasteiger partial charge in [-0.05, 0) is 44.7 Å². The van der Waals surface area contributed by atoms with Crippen molar-refractivity contribution in [2.45, 2.75) is 50.7 Å². The van der Waals surface area contributed by atoms with Gasteiger partial charge in [0, 0.05) is 23.7 Å². The summed E-state index contributed by atoms with van der Waals surface area (Å²) in [6.07, 6.45) is 3.86. The first-order valence-electron chi connectivity index (χ1n) is 10.6. The third-order valence-corrected chi connectivity index (χ3v) is 8.02. The van der Waals surface area contributed by atoms with Gasteiger partial charge in [0.25, 0.3) is 5.91 Å². The van der Waals surface area contributed by atoms with Crippen molar-refractivity contribution in [3.05, 3.63) is 27.9 Å². The van der Waals surface area contributed by atoms with Gasteiger partial charge in [0.05, 0.1) is 31.3 Å². The Morgan fingerprint density at radius 1 is 1.22 bits per heavy atom. The molecule has 32 heavy (non-hydrogen) atoms. The first-order chi connectivity index (χ1) is 15.4. The summed E-state index contributed by atoms with van der Waals surface area (Å²) in [5.41, 5.74) is 14.6. The standard InChI is InChI=1S/C21H21ClN8OS/c1-8-25-13-5-4-12(15(22)18(13)32-8)16-14-17(19(24)31)26-21(27-20(14)29-28-16)30-10-2-3-11(30)7-9(23)6-10/h4-5,9-11H,2-3,6-7,23H2,1H3,(H2,24,31)(H,26,27,28,29)/t9?,10-,11+. The summed E-state index contributed by atoms with van der Waals surface area (Å²) in [5.74, 6) is -0.142. The second-order valence-corrected chi connectivity index (χ2v) is 10.1. The minimum Gasteiger partial charge on any atom is -0.364 e. The number of aromatic amines is 1. The number of amides is 1. The SMILES string of the molecule is Cc1nc2ccc(-c3[nH]nc4nc(N5[C@@H]6CC[C@H]5CC(N)C6)nc(C(N)=O)c34)c(Cl)c2s1. The minimum atomic E-state index is -0.631. The molecule has 5 heterocycles. The summed E-state index contributed by atoms with van der Waals surface area (Å²) in [4.78, 5) is 28.5. The molecule has 2 saturated heterocycles. The van der Waals surface area contributed by atoms with Gasteiger partial charge in [0.15, 0.2) is 5.65 Å². The van der Waals surface area contributed by atoms with Gasteiger partial charge in [-0.2, -0.15) is 10.1 Å². The topological polar surface area (TPSA) is 140 Å². The van der Waals surface area contributed by atoms with Crippen LogP contribution in [-0.2, 0) is 0 Å². The zero-order valence-electron chi connectivity index (χ0n) is 17.3. The van der Waals surface area contributed by atoms with E-state index in [-0.39, 0.29) is 23.8 Å². The quantitative estimate of drug-likeness (QED) is 0.419. The summed E-state index contributed by atoms with van der Waals surface area (Å²) in [7, 11) is 0. The number of H-pyrrole nitrogens is 1. The summed E-state index contributed by atoms with van der Waals surface area (Å²) >= 11 is 8.26. The van der Waals surface area contributed by atoms with Crippen molar-refractivity contribution in [2.75, 3.05) is 4.90 Å². The number of fused-ring (bicyclic) bond motifs is 4. The molecule has 0 spiro atoms. The van der Waals surface area contributed by atoms with E-state index in [1.165, 1.54) is 11.3 Å². The smallest absolute Gasteiger partial charge is 0.268 e. The highest BCUT2D eigenvalue weighted by molar-refractivity contribution is 7.19. The van der Waals surface area contributed by atoms with Gasteiger partial charge in [-0.25, -0.2) is 9.97 Å². The van der Waals surface area contributed by atoms with Crippen LogP contribution in [-0.4, -0.2) is 49.2 Å². The van der Waals surface area contributed by atoms with Crippen molar-refractivity contribution in [2.24, 2.45) is 11.5 Å². The number of primary amides is 1. The first-order valence-corrected chi connectivity index (χ1v) is 11.8. The van der Waals surface area contributed by atoms with E-state index in [1.807, 2.05) is 19.1 Å². The number of aryl methyl sites for hydroxylation is 1. The zero-order chi connectivity index (χ0) is 22.1. The number of hydrogen-bond acceptors (Lipinski definition) is 8. The Bertz CT molecular complexity index is 1380. The molecule has 2 aliphatic heterocycles. The van der Waals surface area contributed by atoms with Crippen LogP contribution in [0.4, 0.5) is 5.95 Å². The van der Waals surface area contributed by atoms with E-state index < -0.39 is 5.91 Å². The number of rotatable bonds is 3. The number of anilines is 1. The molecule has 2 bridgehead atoms. The van der Waals surface area contributed by atoms with Crippen LogP contribution in [0.25, 0.3) is 32.5 Å².